The lowest BCUT2D eigenvalue weighted by molar-refractivity contribution is -0.135. The van der Waals surface area contributed by atoms with E-state index < -0.39 is 6.04 Å². The molecule has 0 spiro atoms. The molecule has 102 valence electrons. The van der Waals surface area contributed by atoms with Gasteiger partial charge in [-0.15, -0.1) is 11.3 Å². The fourth-order valence-electron chi connectivity index (χ4n) is 1.54. The van der Waals surface area contributed by atoms with Crippen molar-refractivity contribution in [3.8, 4) is 0 Å². The third-order valence-corrected chi connectivity index (χ3v) is 4.08. The Hall–Kier alpha value is -0.580. The first-order valence-electron chi connectivity index (χ1n) is 6.04. The van der Waals surface area contributed by atoms with Crippen LogP contribution < -0.4 is 5.73 Å². The number of thiophene rings is 1. The van der Waals surface area contributed by atoms with Crippen LogP contribution in [0.1, 0.15) is 32.6 Å². The number of hydrogen-bond donors (Lipinski definition) is 1. The maximum atomic E-state index is 12.3. The summed E-state index contributed by atoms with van der Waals surface area (Å²) in [5.41, 5.74) is 5.79. The summed E-state index contributed by atoms with van der Waals surface area (Å²) in [6.45, 7) is 9.12. The Kier molecular flexibility index (Phi) is 5.20. The third kappa shape index (κ3) is 3.97. The van der Waals surface area contributed by atoms with E-state index in [1.807, 2.05) is 39.8 Å². The number of halogens is 1. The molecule has 0 saturated carbocycles. The molecular formula is C13H21ClN2OS. The molecule has 0 aliphatic carbocycles. The number of carbonyl (C=O) groups excluding carboxylic acids is 1. The molecule has 2 N–H and O–H groups in total. The van der Waals surface area contributed by atoms with Crippen LogP contribution in [0.25, 0.3) is 0 Å². The van der Waals surface area contributed by atoms with Gasteiger partial charge in [-0.25, -0.2) is 0 Å². The summed E-state index contributed by atoms with van der Waals surface area (Å²) in [6, 6.07) is 3.32. The number of nitrogens with zero attached hydrogens (tertiary/aromatic N) is 1. The number of hydrogen-bond acceptors (Lipinski definition) is 3. The van der Waals surface area contributed by atoms with Gasteiger partial charge in [-0.1, -0.05) is 32.4 Å². The molecule has 0 aliphatic rings. The maximum Gasteiger partial charge on any atom is 0.240 e. The molecule has 0 fully saturated rings. The van der Waals surface area contributed by atoms with E-state index in [1.165, 1.54) is 11.3 Å². The lowest BCUT2D eigenvalue weighted by atomic mass is 9.86. The van der Waals surface area contributed by atoms with E-state index in [0.717, 1.165) is 9.21 Å². The van der Waals surface area contributed by atoms with Crippen molar-refractivity contribution in [2.24, 2.45) is 11.1 Å². The van der Waals surface area contributed by atoms with Crippen molar-refractivity contribution in [2.45, 2.75) is 40.3 Å². The van der Waals surface area contributed by atoms with Crippen molar-refractivity contribution in [3.05, 3.63) is 21.3 Å². The van der Waals surface area contributed by atoms with Gasteiger partial charge in [0.2, 0.25) is 5.91 Å². The number of carbonyl (C=O) groups is 1. The topological polar surface area (TPSA) is 46.3 Å². The molecule has 1 rings (SSSR count). The molecule has 0 saturated heterocycles. The second-order valence-corrected chi connectivity index (χ2v) is 7.20. The molecule has 1 atom stereocenters. The number of likely N-dealkylation sites (N-methyl/N-ethyl adjacent to an activating group) is 1. The lowest BCUT2D eigenvalue weighted by Crippen LogP contribution is -2.50. The Labute approximate surface area is 118 Å². The van der Waals surface area contributed by atoms with Crippen LogP contribution in [0, 0.1) is 5.41 Å². The highest BCUT2D eigenvalue weighted by Crippen LogP contribution is 2.24. The fourth-order valence-corrected chi connectivity index (χ4v) is 2.64. The van der Waals surface area contributed by atoms with Crippen LogP contribution in [-0.4, -0.2) is 23.4 Å². The largest absolute Gasteiger partial charge is 0.336 e. The average Bonchev–Trinajstić information content (AvgIpc) is 2.68. The van der Waals surface area contributed by atoms with E-state index in [-0.39, 0.29) is 11.3 Å². The zero-order valence-corrected chi connectivity index (χ0v) is 12.9. The molecule has 0 bridgehead atoms. The first-order chi connectivity index (χ1) is 8.25. The van der Waals surface area contributed by atoms with Gasteiger partial charge in [0.1, 0.15) is 0 Å². The normalized spacial score (nSPS) is 13.4. The standard InChI is InChI=1S/C13H21ClN2OS/c1-5-16(8-9-6-7-10(14)18-9)12(17)11(15)13(2,3)4/h6-7,11H,5,8,15H2,1-4H3/t11-/m1/s1. The maximum absolute atomic E-state index is 12.3. The van der Waals surface area contributed by atoms with Crippen LogP contribution in [0.5, 0.6) is 0 Å². The molecule has 1 aromatic rings. The number of amides is 1. The summed E-state index contributed by atoms with van der Waals surface area (Å²) in [5.74, 6) is -0.00507. The minimum Gasteiger partial charge on any atom is -0.336 e. The molecule has 5 heteroatoms. The summed E-state index contributed by atoms with van der Waals surface area (Å²) in [6.07, 6.45) is 0. The van der Waals surface area contributed by atoms with Crippen LogP contribution >= 0.6 is 22.9 Å². The van der Waals surface area contributed by atoms with Gasteiger partial charge in [0.05, 0.1) is 16.9 Å². The van der Waals surface area contributed by atoms with Gasteiger partial charge in [-0.2, -0.15) is 0 Å². The Balaban J connectivity index is 2.75. The van der Waals surface area contributed by atoms with Gasteiger partial charge in [0, 0.05) is 11.4 Å². The first kappa shape index (κ1) is 15.5. The van der Waals surface area contributed by atoms with Gasteiger partial charge in [0.25, 0.3) is 0 Å². The molecule has 0 radical (unpaired) electrons. The van der Waals surface area contributed by atoms with Crippen molar-refractivity contribution in [2.75, 3.05) is 6.54 Å². The van der Waals surface area contributed by atoms with Crippen molar-refractivity contribution >= 4 is 28.8 Å². The Morgan fingerprint density at radius 1 is 1.50 bits per heavy atom. The van der Waals surface area contributed by atoms with Crippen molar-refractivity contribution in [1.82, 2.24) is 4.90 Å². The summed E-state index contributed by atoms with van der Waals surface area (Å²) in [4.78, 5) is 15.2. The van der Waals surface area contributed by atoms with Gasteiger partial charge in [-0.05, 0) is 24.5 Å². The SMILES string of the molecule is CCN(Cc1ccc(Cl)s1)C(=O)[C@@H](N)C(C)(C)C. The summed E-state index contributed by atoms with van der Waals surface area (Å²) >= 11 is 7.39. The second-order valence-electron chi connectivity index (χ2n) is 5.40. The second kappa shape index (κ2) is 6.04. The van der Waals surface area contributed by atoms with Crippen molar-refractivity contribution in [1.29, 1.82) is 0 Å². The van der Waals surface area contributed by atoms with Gasteiger partial charge < -0.3 is 10.6 Å². The predicted octanol–water partition coefficient (Wildman–Crippen LogP) is 3.12. The highest BCUT2D eigenvalue weighted by atomic mass is 35.5. The van der Waals surface area contributed by atoms with E-state index in [1.54, 1.807) is 4.90 Å². The highest BCUT2D eigenvalue weighted by Gasteiger charge is 2.30. The van der Waals surface area contributed by atoms with Crippen LogP contribution in [0.15, 0.2) is 12.1 Å². The predicted molar refractivity (Wildman–Crippen MR) is 77.9 cm³/mol. The zero-order chi connectivity index (χ0) is 13.9. The first-order valence-corrected chi connectivity index (χ1v) is 7.23. The Bertz CT molecular complexity index is 411. The Morgan fingerprint density at radius 3 is 2.50 bits per heavy atom. The van der Waals surface area contributed by atoms with Crippen LogP contribution in [-0.2, 0) is 11.3 Å². The van der Waals surface area contributed by atoms with Gasteiger partial charge >= 0.3 is 0 Å². The van der Waals surface area contributed by atoms with Crippen LogP contribution in [0.4, 0.5) is 0 Å². The van der Waals surface area contributed by atoms with Crippen LogP contribution in [0.2, 0.25) is 4.34 Å². The highest BCUT2D eigenvalue weighted by molar-refractivity contribution is 7.16. The van der Waals surface area contributed by atoms with E-state index in [9.17, 15) is 4.79 Å². The Morgan fingerprint density at radius 2 is 2.11 bits per heavy atom. The zero-order valence-electron chi connectivity index (χ0n) is 11.4. The number of nitrogens with two attached hydrogens (primary N) is 1. The van der Waals surface area contributed by atoms with Crippen molar-refractivity contribution in [3.63, 3.8) is 0 Å². The molecule has 3 nitrogen and oxygen atoms in total. The average molecular weight is 289 g/mol. The third-order valence-electron chi connectivity index (χ3n) is 2.87. The van der Waals surface area contributed by atoms with Crippen LogP contribution in [0.3, 0.4) is 0 Å². The van der Waals surface area contributed by atoms with Gasteiger partial charge in [-0.3, -0.25) is 4.79 Å². The summed E-state index contributed by atoms with van der Waals surface area (Å²) in [7, 11) is 0. The molecule has 1 aromatic heterocycles. The summed E-state index contributed by atoms with van der Waals surface area (Å²) < 4.78 is 0.744. The summed E-state index contributed by atoms with van der Waals surface area (Å²) in [5, 5.41) is 0. The monoisotopic (exact) mass is 288 g/mol. The molecule has 1 heterocycles. The molecule has 1 amide bonds. The lowest BCUT2D eigenvalue weighted by Gasteiger charge is -2.31. The minimum atomic E-state index is -0.479. The molecule has 0 unspecified atom stereocenters. The van der Waals surface area contributed by atoms with E-state index in [4.69, 9.17) is 17.3 Å². The van der Waals surface area contributed by atoms with E-state index in [0.29, 0.717) is 13.1 Å². The van der Waals surface area contributed by atoms with E-state index in [2.05, 4.69) is 0 Å². The quantitative estimate of drug-likeness (QED) is 0.925. The molecule has 0 aromatic carbocycles. The fraction of sp³-hybridized carbons (Fsp3) is 0.615. The molecular weight excluding hydrogens is 268 g/mol. The molecule has 18 heavy (non-hydrogen) atoms. The van der Waals surface area contributed by atoms with Gasteiger partial charge in [0.15, 0.2) is 0 Å². The smallest absolute Gasteiger partial charge is 0.240 e. The number of rotatable bonds is 4. The minimum absolute atomic E-state index is 0.00507. The molecule has 0 aliphatic heterocycles. The van der Waals surface area contributed by atoms with Crippen molar-refractivity contribution < 1.29 is 4.79 Å². The van der Waals surface area contributed by atoms with E-state index >= 15 is 0 Å².